The van der Waals surface area contributed by atoms with Gasteiger partial charge in [-0.2, -0.15) is 0 Å². The van der Waals surface area contributed by atoms with Gasteiger partial charge < -0.3 is 9.74 Å². The number of carbonyl (C=O) groups is 1. The Kier molecular flexibility index (Phi) is 2.30. The second kappa shape index (κ2) is 3.38. The SMILES string of the molecule is C[Si](C)(C)OC1=CC2=CC(=O)NC2=CC1. The molecule has 1 aliphatic heterocycles. The summed E-state index contributed by atoms with van der Waals surface area (Å²) in [7, 11) is -1.54. The van der Waals surface area contributed by atoms with Crippen molar-refractivity contribution in [1.29, 1.82) is 0 Å². The molecule has 0 bridgehead atoms. The van der Waals surface area contributed by atoms with Gasteiger partial charge in [-0.05, 0) is 25.7 Å². The Morgan fingerprint density at radius 1 is 1.33 bits per heavy atom. The van der Waals surface area contributed by atoms with Crippen LogP contribution in [0.15, 0.2) is 35.3 Å². The molecular weight excluding hydrogens is 206 g/mol. The summed E-state index contributed by atoms with van der Waals surface area (Å²) in [5.74, 6) is 0.933. The van der Waals surface area contributed by atoms with Gasteiger partial charge in [-0.3, -0.25) is 4.79 Å². The predicted molar refractivity (Wildman–Crippen MR) is 61.4 cm³/mol. The van der Waals surface area contributed by atoms with Crippen molar-refractivity contribution in [3.8, 4) is 0 Å². The summed E-state index contributed by atoms with van der Waals surface area (Å²) in [4.78, 5) is 11.1. The van der Waals surface area contributed by atoms with Crippen LogP contribution in [0.4, 0.5) is 0 Å². The van der Waals surface area contributed by atoms with Crippen molar-refractivity contribution in [3.63, 3.8) is 0 Å². The third-order valence-electron chi connectivity index (χ3n) is 2.12. The van der Waals surface area contributed by atoms with Gasteiger partial charge in [0, 0.05) is 23.8 Å². The van der Waals surface area contributed by atoms with Crippen molar-refractivity contribution >= 4 is 14.2 Å². The molecule has 3 nitrogen and oxygen atoms in total. The maximum Gasteiger partial charge on any atom is 0.249 e. The standard InChI is InChI=1S/C11H15NO2Si/c1-15(2,3)14-9-4-5-10-8(6-9)7-11(13)12-10/h5-7H,4H2,1-3H3,(H,12,13). The minimum absolute atomic E-state index is 0.0400. The molecule has 0 aromatic heterocycles. The smallest absolute Gasteiger partial charge is 0.249 e. The first kappa shape index (κ1) is 10.2. The Morgan fingerprint density at radius 2 is 2.07 bits per heavy atom. The van der Waals surface area contributed by atoms with Crippen LogP contribution >= 0.6 is 0 Å². The van der Waals surface area contributed by atoms with Crippen LogP contribution in [0.25, 0.3) is 0 Å². The largest absolute Gasteiger partial charge is 0.547 e. The fraction of sp³-hybridized carbons (Fsp3) is 0.364. The topological polar surface area (TPSA) is 38.3 Å². The van der Waals surface area contributed by atoms with Gasteiger partial charge in [0.1, 0.15) is 0 Å². The van der Waals surface area contributed by atoms with Crippen LogP contribution in [0.3, 0.4) is 0 Å². The second-order valence-corrected chi connectivity index (χ2v) is 9.16. The van der Waals surface area contributed by atoms with Crippen LogP contribution < -0.4 is 5.32 Å². The molecule has 0 atom stereocenters. The lowest BCUT2D eigenvalue weighted by atomic mass is 10.1. The predicted octanol–water partition coefficient (Wildman–Crippen LogP) is 2.07. The van der Waals surface area contributed by atoms with Crippen LogP contribution in [0.5, 0.6) is 0 Å². The summed E-state index contributed by atoms with van der Waals surface area (Å²) in [6, 6.07) is 0. The Hall–Kier alpha value is -1.29. The number of nitrogens with one attached hydrogen (secondary N) is 1. The lowest BCUT2D eigenvalue weighted by molar-refractivity contribution is -0.115. The number of carbonyl (C=O) groups excluding carboxylic acids is 1. The van der Waals surface area contributed by atoms with Crippen molar-refractivity contribution in [2.24, 2.45) is 0 Å². The zero-order valence-corrected chi connectivity index (χ0v) is 10.3. The number of hydrogen-bond acceptors (Lipinski definition) is 2. The fourth-order valence-corrected chi connectivity index (χ4v) is 2.58. The van der Waals surface area contributed by atoms with Crippen LogP contribution in [0.2, 0.25) is 19.6 Å². The van der Waals surface area contributed by atoms with E-state index in [1.807, 2.05) is 12.2 Å². The number of hydrogen-bond donors (Lipinski definition) is 1. The Balaban J connectivity index is 2.16. The van der Waals surface area contributed by atoms with Crippen molar-refractivity contribution in [3.05, 3.63) is 35.3 Å². The highest BCUT2D eigenvalue weighted by Crippen LogP contribution is 2.26. The van der Waals surface area contributed by atoms with E-state index in [1.165, 1.54) is 0 Å². The van der Waals surface area contributed by atoms with E-state index < -0.39 is 8.32 Å². The molecule has 0 saturated carbocycles. The van der Waals surface area contributed by atoms with Crippen LogP contribution in [0.1, 0.15) is 6.42 Å². The minimum Gasteiger partial charge on any atom is -0.547 e. The molecule has 0 spiro atoms. The van der Waals surface area contributed by atoms with E-state index in [0.29, 0.717) is 0 Å². The number of fused-ring (bicyclic) bond motifs is 1. The average molecular weight is 221 g/mol. The maximum absolute atomic E-state index is 11.1. The molecule has 15 heavy (non-hydrogen) atoms. The second-order valence-electron chi connectivity index (χ2n) is 4.74. The van der Waals surface area contributed by atoms with E-state index >= 15 is 0 Å². The van der Waals surface area contributed by atoms with E-state index in [9.17, 15) is 4.79 Å². The van der Waals surface area contributed by atoms with Gasteiger partial charge in [-0.25, -0.2) is 0 Å². The lowest BCUT2D eigenvalue weighted by Gasteiger charge is -2.23. The van der Waals surface area contributed by atoms with Crippen molar-refractivity contribution in [2.45, 2.75) is 26.1 Å². The zero-order valence-electron chi connectivity index (χ0n) is 9.26. The molecule has 1 heterocycles. The highest BCUT2D eigenvalue weighted by atomic mass is 28.4. The molecule has 1 aliphatic carbocycles. The lowest BCUT2D eigenvalue weighted by Crippen LogP contribution is -2.25. The maximum atomic E-state index is 11.1. The molecule has 4 heteroatoms. The summed E-state index contributed by atoms with van der Waals surface area (Å²) in [6.07, 6.45) is 6.35. The molecule has 2 aliphatic rings. The van der Waals surface area contributed by atoms with Crippen LogP contribution in [-0.4, -0.2) is 14.2 Å². The van der Waals surface area contributed by atoms with E-state index in [2.05, 4.69) is 25.0 Å². The molecule has 2 rings (SSSR count). The molecule has 0 unspecified atom stereocenters. The normalized spacial score (nSPS) is 19.9. The van der Waals surface area contributed by atoms with Gasteiger partial charge in [-0.15, -0.1) is 0 Å². The molecule has 0 aromatic rings. The van der Waals surface area contributed by atoms with E-state index in [-0.39, 0.29) is 5.91 Å². The first-order valence-electron chi connectivity index (χ1n) is 5.07. The number of rotatable bonds is 2. The first-order chi connectivity index (χ1) is 6.94. The monoisotopic (exact) mass is 221 g/mol. The summed E-state index contributed by atoms with van der Waals surface area (Å²) < 4.78 is 5.90. The van der Waals surface area contributed by atoms with Gasteiger partial charge in [-0.1, -0.05) is 6.08 Å². The highest BCUT2D eigenvalue weighted by Gasteiger charge is 2.23. The summed E-state index contributed by atoms with van der Waals surface area (Å²) in [6.45, 7) is 6.46. The summed E-state index contributed by atoms with van der Waals surface area (Å²) in [5, 5.41) is 2.78. The van der Waals surface area contributed by atoms with E-state index in [1.54, 1.807) is 6.08 Å². The molecule has 1 amide bonds. The molecule has 0 fully saturated rings. The van der Waals surface area contributed by atoms with Crippen LogP contribution in [-0.2, 0) is 9.22 Å². The highest BCUT2D eigenvalue weighted by molar-refractivity contribution is 6.70. The number of allylic oxidation sites excluding steroid dienone is 2. The van der Waals surface area contributed by atoms with Gasteiger partial charge in [0.15, 0.2) is 0 Å². The fourth-order valence-electron chi connectivity index (χ4n) is 1.65. The molecule has 0 radical (unpaired) electrons. The van der Waals surface area contributed by atoms with Gasteiger partial charge in [0.05, 0.1) is 5.76 Å². The third-order valence-corrected chi connectivity index (χ3v) is 2.99. The summed E-state index contributed by atoms with van der Waals surface area (Å²) in [5.41, 5.74) is 1.86. The van der Waals surface area contributed by atoms with Crippen molar-refractivity contribution < 1.29 is 9.22 Å². The van der Waals surface area contributed by atoms with Gasteiger partial charge in [0.2, 0.25) is 14.2 Å². The average Bonchev–Trinajstić information content (AvgIpc) is 2.40. The van der Waals surface area contributed by atoms with Gasteiger partial charge in [0.25, 0.3) is 0 Å². The zero-order chi connectivity index (χ0) is 11.1. The van der Waals surface area contributed by atoms with E-state index in [0.717, 1.165) is 23.5 Å². The van der Waals surface area contributed by atoms with Gasteiger partial charge >= 0.3 is 0 Å². The molecule has 0 saturated heterocycles. The minimum atomic E-state index is -1.54. The Labute approximate surface area is 90.6 Å². The Bertz CT molecular complexity index is 399. The number of amides is 1. The molecule has 0 aromatic carbocycles. The quantitative estimate of drug-likeness (QED) is 0.725. The first-order valence-corrected chi connectivity index (χ1v) is 8.48. The molecule has 1 N–H and O–H groups in total. The Morgan fingerprint density at radius 3 is 2.73 bits per heavy atom. The van der Waals surface area contributed by atoms with Crippen molar-refractivity contribution in [2.75, 3.05) is 0 Å². The van der Waals surface area contributed by atoms with Crippen LogP contribution in [0, 0.1) is 0 Å². The third kappa shape index (κ3) is 2.39. The molecule has 80 valence electrons. The summed E-state index contributed by atoms with van der Waals surface area (Å²) >= 11 is 0. The van der Waals surface area contributed by atoms with E-state index in [4.69, 9.17) is 4.43 Å². The van der Waals surface area contributed by atoms with Crippen molar-refractivity contribution in [1.82, 2.24) is 5.32 Å². The molecular formula is C11H15NO2Si.